The Hall–Kier alpha value is -2.48. The summed E-state index contributed by atoms with van der Waals surface area (Å²) in [4.78, 5) is 21.1. The lowest BCUT2D eigenvalue weighted by Gasteiger charge is -2.39. The topological polar surface area (TPSA) is 82.9 Å². The van der Waals surface area contributed by atoms with Crippen LogP contribution in [0.15, 0.2) is 42.6 Å². The van der Waals surface area contributed by atoms with Crippen LogP contribution < -0.4 is 4.74 Å². The number of aliphatic hydroxyl groups is 1. The van der Waals surface area contributed by atoms with Crippen LogP contribution in [0.4, 0.5) is 0 Å². The molecule has 3 atom stereocenters. The van der Waals surface area contributed by atoms with Gasteiger partial charge >= 0.3 is 5.97 Å². The van der Waals surface area contributed by atoms with Crippen molar-refractivity contribution in [1.29, 1.82) is 0 Å². The number of pyridine rings is 1. The molecule has 3 aromatic rings. The van der Waals surface area contributed by atoms with Gasteiger partial charge in [0, 0.05) is 34.3 Å². The maximum atomic E-state index is 11.3. The van der Waals surface area contributed by atoms with E-state index in [1.165, 1.54) is 22.6 Å². The van der Waals surface area contributed by atoms with Crippen LogP contribution in [0, 0.1) is 18.8 Å². The fourth-order valence-electron chi connectivity index (χ4n) is 5.72. The van der Waals surface area contributed by atoms with Crippen molar-refractivity contribution in [3.8, 4) is 5.75 Å². The highest BCUT2D eigenvalue weighted by atomic mass is 32.1. The van der Waals surface area contributed by atoms with E-state index in [1.54, 1.807) is 13.3 Å². The Morgan fingerprint density at radius 1 is 1.19 bits per heavy atom. The Morgan fingerprint density at radius 2 is 2.05 bits per heavy atom. The molecule has 0 radical (unpaired) electrons. The zero-order valence-electron chi connectivity index (χ0n) is 22.1. The van der Waals surface area contributed by atoms with Crippen molar-refractivity contribution < 1.29 is 19.7 Å². The van der Waals surface area contributed by atoms with Gasteiger partial charge in [-0.1, -0.05) is 0 Å². The second-order valence-electron chi connectivity index (χ2n) is 10.4. The maximum absolute atomic E-state index is 11.3. The fraction of sp³-hybridized carbons (Fsp3) is 0.533. The average Bonchev–Trinajstić information content (AvgIpc) is 3.33. The molecule has 0 saturated carbocycles. The van der Waals surface area contributed by atoms with E-state index >= 15 is 0 Å². The maximum Gasteiger partial charge on any atom is 0.303 e. The third kappa shape index (κ3) is 7.76. The number of hydrogen-bond acceptors (Lipinski definition) is 6. The van der Waals surface area contributed by atoms with Gasteiger partial charge in [0.2, 0.25) is 0 Å². The largest absolute Gasteiger partial charge is 0.497 e. The second kappa shape index (κ2) is 13.4. The standard InChI is InChI=1S/C30H40N2O4S/c1-21-6-10-25(37-21)5-3-4-17-32-18-15-22(23(20-32)8-13-30(34)35)7-12-29(33)26-14-16-31-28-11-9-24(36-2)19-27(26)28/h6,9-11,14,16,19,22-23,29,33H,3-5,7-8,12-13,15,17-18,20H2,1-2H3,(H,34,35)/t22-,23+,29?/m1/s1. The molecule has 4 rings (SSSR count). The Labute approximate surface area is 224 Å². The lowest BCUT2D eigenvalue weighted by Crippen LogP contribution is -2.41. The van der Waals surface area contributed by atoms with E-state index in [2.05, 4.69) is 28.9 Å². The summed E-state index contributed by atoms with van der Waals surface area (Å²) >= 11 is 1.89. The van der Waals surface area contributed by atoms with Crippen molar-refractivity contribution in [2.45, 2.75) is 64.4 Å². The zero-order chi connectivity index (χ0) is 26.2. The van der Waals surface area contributed by atoms with Crippen LogP contribution in [0.1, 0.15) is 66.4 Å². The van der Waals surface area contributed by atoms with E-state index in [4.69, 9.17) is 4.74 Å². The molecule has 0 aliphatic carbocycles. The number of likely N-dealkylation sites (tertiary alicyclic amines) is 1. The van der Waals surface area contributed by atoms with Gasteiger partial charge in [0.15, 0.2) is 0 Å². The molecule has 0 bridgehead atoms. The number of thiophene rings is 1. The number of benzene rings is 1. The number of carbonyl (C=O) groups is 1. The first-order valence-corrected chi connectivity index (χ1v) is 14.3. The van der Waals surface area contributed by atoms with Crippen molar-refractivity contribution in [2.75, 3.05) is 26.7 Å². The van der Waals surface area contributed by atoms with E-state index in [0.717, 1.165) is 61.1 Å². The van der Waals surface area contributed by atoms with E-state index in [-0.39, 0.29) is 6.42 Å². The minimum absolute atomic E-state index is 0.212. The van der Waals surface area contributed by atoms with Gasteiger partial charge in [0.1, 0.15) is 5.75 Å². The first-order chi connectivity index (χ1) is 17.9. The molecule has 3 heterocycles. The van der Waals surface area contributed by atoms with Gasteiger partial charge in [-0.2, -0.15) is 0 Å². The molecule has 1 fully saturated rings. The lowest BCUT2D eigenvalue weighted by molar-refractivity contribution is -0.137. The SMILES string of the molecule is COc1ccc2nccc(C(O)CC[C@@H]3CCN(CCCCc4ccc(C)s4)C[C@@H]3CCC(=O)O)c2c1. The van der Waals surface area contributed by atoms with Crippen LogP contribution >= 0.6 is 11.3 Å². The number of nitrogens with zero attached hydrogens (tertiary/aromatic N) is 2. The summed E-state index contributed by atoms with van der Waals surface area (Å²) in [5, 5.41) is 21.4. The van der Waals surface area contributed by atoms with Crippen LogP contribution in [0.25, 0.3) is 10.9 Å². The van der Waals surface area contributed by atoms with Gasteiger partial charge < -0.3 is 19.8 Å². The molecule has 1 saturated heterocycles. The number of rotatable bonds is 13. The van der Waals surface area contributed by atoms with Crippen molar-refractivity contribution in [3.63, 3.8) is 0 Å². The molecule has 1 unspecified atom stereocenters. The molecule has 2 aromatic heterocycles. The molecule has 37 heavy (non-hydrogen) atoms. The number of unbranched alkanes of at least 4 members (excludes halogenated alkanes) is 1. The number of aliphatic hydroxyl groups excluding tert-OH is 1. The Balaban J connectivity index is 1.32. The van der Waals surface area contributed by atoms with Gasteiger partial charge in [-0.05, 0) is 119 Å². The third-order valence-electron chi connectivity index (χ3n) is 7.80. The van der Waals surface area contributed by atoms with E-state index < -0.39 is 12.1 Å². The van der Waals surface area contributed by atoms with Crippen molar-refractivity contribution in [3.05, 3.63) is 57.9 Å². The first-order valence-electron chi connectivity index (χ1n) is 13.5. The zero-order valence-corrected chi connectivity index (χ0v) is 22.9. The number of ether oxygens (including phenoxy) is 1. The molecule has 1 aliphatic rings. The van der Waals surface area contributed by atoms with Gasteiger partial charge in [-0.15, -0.1) is 11.3 Å². The predicted octanol–water partition coefficient (Wildman–Crippen LogP) is 6.25. The summed E-state index contributed by atoms with van der Waals surface area (Å²) in [6.07, 6.45) is 8.20. The number of piperidine rings is 1. The van der Waals surface area contributed by atoms with Crippen LogP contribution in [-0.4, -0.2) is 52.8 Å². The van der Waals surface area contributed by atoms with E-state index in [0.29, 0.717) is 24.7 Å². The molecule has 1 aliphatic heterocycles. The predicted molar refractivity (Wildman–Crippen MR) is 149 cm³/mol. The van der Waals surface area contributed by atoms with Crippen LogP contribution in [0.2, 0.25) is 0 Å². The number of aliphatic carboxylic acids is 1. The highest BCUT2D eigenvalue weighted by Crippen LogP contribution is 2.35. The minimum Gasteiger partial charge on any atom is -0.497 e. The number of carboxylic acids is 1. The van der Waals surface area contributed by atoms with Gasteiger partial charge in [0.05, 0.1) is 18.7 Å². The molecule has 2 N–H and O–H groups in total. The summed E-state index contributed by atoms with van der Waals surface area (Å²) in [5.41, 5.74) is 1.73. The van der Waals surface area contributed by atoms with Gasteiger partial charge in [0.25, 0.3) is 0 Å². The van der Waals surface area contributed by atoms with E-state index in [9.17, 15) is 15.0 Å². The van der Waals surface area contributed by atoms with Gasteiger partial charge in [-0.25, -0.2) is 0 Å². The number of aromatic nitrogens is 1. The fourth-order valence-corrected chi connectivity index (χ4v) is 6.65. The number of methoxy groups -OCH3 is 1. The normalized spacial score (nSPS) is 19.2. The van der Waals surface area contributed by atoms with Crippen LogP contribution in [0.3, 0.4) is 0 Å². The molecular formula is C30H40N2O4S. The van der Waals surface area contributed by atoms with Gasteiger partial charge in [-0.3, -0.25) is 9.78 Å². The summed E-state index contributed by atoms with van der Waals surface area (Å²) < 4.78 is 5.38. The quantitative estimate of drug-likeness (QED) is 0.257. The number of aryl methyl sites for hydroxylation is 2. The first kappa shape index (κ1) is 27.6. The molecule has 7 heteroatoms. The van der Waals surface area contributed by atoms with Crippen molar-refractivity contribution >= 4 is 28.2 Å². The molecule has 200 valence electrons. The van der Waals surface area contributed by atoms with E-state index in [1.807, 2.05) is 35.6 Å². The Kier molecular flexibility index (Phi) is 9.95. The average molecular weight is 525 g/mol. The minimum atomic E-state index is -0.723. The third-order valence-corrected chi connectivity index (χ3v) is 8.86. The Bertz CT molecular complexity index is 1160. The van der Waals surface area contributed by atoms with Crippen LogP contribution in [-0.2, 0) is 11.2 Å². The number of fused-ring (bicyclic) bond motifs is 1. The molecule has 1 aromatic carbocycles. The lowest BCUT2D eigenvalue weighted by atomic mass is 9.79. The summed E-state index contributed by atoms with van der Waals surface area (Å²) in [6, 6.07) is 12.1. The monoisotopic (exact) mass is 524 g/mol. The van der Waals surface area contributed by atoms with Crippen molar-refractivity contribution in [1.82, 2.24) is 9.88 Å². The molecule has 0 spiro atoms. The number of hydrogen-bond donors (Lipinski definition) is 2. The summed E-state index contributed by atoms with van der Waals surface area (Å²) in [6.45, 7) is 5.25. The summed E-state index contributed by atoms with van der Waals surface area (Å²) in [5.74, 6) is 0.813. The molecular weight excluding hydrogens is 484 g/mol. The summed E-state index contributed by atoms with van der Waals surface area (Å²) in [7, 11) is 1.64. The highest BCUT2D eigenvalue weighted by molar-refractivity contribution is 7.11. The Morgan fingerprint density at radius 3 is 2.81 bits per heavy atom. The second-order valence-corrected chi connectivity index (χ2v) is 11.8. The smallest absolute Gasteiger partial charge is 0.303 e. The molecule has 0 amide bonds. The number of carboxylic acid groups (broad SMARTS) is 1. The van der Waals surface area contributed by atoms with Crippen LogP contribution in [0.5, 0.6) is 5.75 Å². The molecule has 6 nitrogen and oxygen atoms in total. The highest BCUT2D eigenvalue weighted by Gasteiger charge is 2.30. The van der Waals surface area contributed by atoms with Crippen molar-refractivity contribution in [2.24, 2.45) is 11.8 Å².